The highest BCUT2D eigenvalue weighted by Crippen LogP contribution is 2.32. The van der Waals surface area contributed by atoms with Crippen LogP contribution in [0, 0.1) is 5.82 Å². The van der Waals surface area contributed by atoms with Gasteiger partial charge in [0.05, 0.1) is 11.1 Å². The second-order valence-corrected chi connectivity index (χ2v) is 5.51. The average molecular weight is 356 g/mol. The topological polar surface area (TPSA) is 29.1 Å². The molecule has 20 heavy (non-hydrogen) atoms. The van der Waals surface area contributed by atoms with E-state index < -0.39 is 29.0 Å². The number of halogens is 5. The van der Waals surface area contributed by atoms with Crippen LogP contribution in [-0.2, 0) is 6.18 Å². The van der Waals surface area contributed by atoms with Crippen LogP contribution in [0.15, 0.2) is 18.2 Å². The second-order valence-electron chi connectivity index (χ2n) is 4.21. The molecule has 1 unspecified atom stereocenters. The highest BCUT2D eigenvalue weighted by molar-refractivity contribution is 9.09. The first kappa shape index (κ1) is 16.9. The first-order valence-corrected chi connectivity index (χ1v) is 6.97. The van der Waals surface area contributed by atoms with Crippen LogP contribution >= 0.6 is 15.9 Å². The molecule has 0 bridgehead atoms. The summed E-state index contributed by atoms with van der Waals surface area (Å²) < 4.78 is 51.2. The number of carbonyl (C=O) groups excluding carboxylic acids is 1. The zero-order valence-electron chi connectivity index (χ0n) is 10.7. The van der Waals surface area contributed by atoms with Crippen LogP contribution in [0.2, 0.25) is 0 Å². The van der Waals surface area contributed by atoms with Crippen LogP contribution in [0.1, 0.15) is 35.7 Å². The minimum atomic E-state index is -4.82. The molecule has 0 radical (unpaired) electrons. The second kappa shape index (κ2) is 7.06. The number of hydrogen-bond donors (Lipinski definition) is 1. The molecular formula is C13H14BrF4NO. The van der Waals surface area contributed by atoms with Crippen molar-refractivity contribution < 1.29 is 22.4 Å². The normalized spacial score (nSPS) is 13.1. The van der Waals surface area contributed by atoms with Gasteiger partial charge in [-0.05, 0) is 25.0 Å². The molecule has 1 amide bonds. The third-order valence-corrected chi connectivity index (χ3v) is 3.84. The smallest absolute Gasteiger partial charge is 0.352 e. The summed E-state index contributed by atoms with van der Waals surface area (Å²) in [6.07, 6.45) is -3.35. The molecule has 0 aromatic heterocycles. The third-order valence-electron chi connectivity index (χ3n) is 2.73. The Morgan fingerprint density at radius 1 is 1.40 bits per heavy atom. The molecule has 0 aliphatic rings. The van der Waals surface area contributed by atoms with E-state index in [9.17, 15) is 22.4 Å². The highest BCUT2D eigenvalue weighted by atomic mass is 79.9. The monoisotopic (exact) mass is 355 g/mol. The van der Waals surface area contributed by atoms with Crippen molar-refractivity contribution in [1.82, 2.24) is 5.32 Å². The number of hydrogen-bond acceptors (Lipinski definition) is 1. The van der Waals surface area contributed by atoms with Crippen LogP contribution in [-0.4, -0.2) is 17.3 Å². The minimum absolute atomic E-state index is 0.203. The maximum atomic E-state index is 13.7. The Morgan fingerprint density at radius 2 is 2.05 bits per heavy atom. The van der Waals surface area contributed by atoms with Gasteiger partial charge in [-0.2, -0.15) is 13.2 Å². The molecule has 0 aliphatic carbocycles. The van der Waals surface area contributed by atoms with Crippen LogP contribution in [0.25, 0.3) is 0 Å². The Kier molecular flexibility index (Phi) is 5.98. The fourth-order valence-electron chi connectivity index (χ4n) is 1.57. The van der Waals surface area contributed by atoms with Gasteiger partial charge in [-0.15, -0.1) is 0 Å². The molecule has 0 fully saturated rings. The molecule has 2 nitrogen and oxygen atoms in total. The van der Waals surface area contributed by atoms with E-state index in [0.29, 0.717) is 12.5 Å². The summed E-state index contributed by atoms with van der Waals surface area (Å²) in [5.41, 5.74) is -2.03. The molecule has 0 saturated carbocycles. The summed E-state index contributed by atoms with van der Waals surface area (Å²) >= 11 is 3.36. The van der Waals surface area contributed by atoms with Crippen molar-refractivity contribution in [1.29, 1.82) is 0 Å². The van der Waals surface area contributed by atoms with Gasteiger partial charge in [0.25, 0.3) is 5.91 Å². The third kappa shape index (κ3) is 4.47. The van der Waals surface area contributed by atoms with E-state index in [0.717, 1.165) is 18.6 Å². The number of nitrogens with one attached hydrogen (secondary N) is 1. The van der Waals surface area contributed by atoms with Gasteiger partial charge in [0.1, 0.15) is 5.82 Å². The number of rotatable bonds is 5. The Bertz CT molecular complexity index is 476. The summed E-state index contributed by atoms with van der Waals surface area (Å²) in [5.74, 6) is -2.38. The zero-order chi connectivity index (χ0) is 15.3. The summed E-state index contributed by atoms with van der Waals surface area (Å²) in [6, 6.07) is 2.66. The lowest BCUT2D eigenvalue weighted by Gasteiger charge is -2.12. The van der Waals surface area contributed by atoms with Gasteiger partial charge in [-0.25, -0.2) is 4.39 Å². The van der Waals surface area contributed by atoms with Crippen LogP contribution in [0.5, 0.6) is 0 Å². The van der Waals surface area contributed by atoms with Crippen molar-refractivity contribution in [2.24, 2.45) is 0 Å². The lowest BCUT2D eigenvalue weighted by atomic mass is 10.1. The standard InChI is InChI=1S/C13H14BrF4NO/c1-2-8(14)6-7-19-12(20)9-4-3-5-10(11(9)15)13(16,17)18/h3-5,8H,2,6-7H2,1H3,(H,19,20). The van der Waals surface area contributed by atoms with Gasteiger partial charge in [-0.3, -0.25) is 4.79 Å². The SMILES string of the molecule is CCC(Br)CCNC(=O)c1cccc(C(F)(F)F)c1F. The fourth-order valence-corrected chi connectivity index (χ4v) is 1.80. The predicted octanol–water partition coefficient (Wildman–Crippen LogP) is 4.14. The molecule has 0 spiro atoms. The van der Waals surface area contributed by atoms with E-state index in [-0.39, 0.29) is 11.4 Å². The predicted molar refractivity (Wildman–Crippen MR) is 71.4 cm³/mol. The van der Waals surface area contributed by atoms with Crippen LogP contribution < -0.4 is 5.32 Å². The van der Waals surface area contributed by atoms with Gasteiger partial charge >= 0.3 is 6.18 Å². The van der Waals surface area contributed by atoms with Crippen molar-refractivity contribution in [3.05, 3.63) is 35.1 Å². The van der Waals surface area contributed by atoms with Gasteiger partial charge in [0.15, 0.2) is 0 Å². The van der Waals surface area contributed by atoms with E-state index in [2.05, 4.69) is 21.2 Å². The number of alkyl halides is 4. The first-order valence-electron chi connectivity index (χ1n) is 6.05. The molecule has 1 aromatic rings. The van der Waals surface area contributed by atoms with Crippen molar-refractivity contribution >= 4 is 21.8 Å². The molecule has 1 atom stereocenters. The Hall–Kier alpha value is -1.11. The lowest BCUT2D eigenvalue weighted by molar-refractivity contribution is -0.140. The Labute approximate surface area is 122 Å². The van der Waals surface area contributed by atoms with E-state index in [4.69, 9.17) is 0 Å². The molecule has 112 valence electrons. The maximum Gasteiger partial charge on any atom is 0.419 e. The zero-order valence-corrected chi connectivity index (χ0v) is 12.3. The van der Waals surface area contributed by atoms with Crippen LogP contribution in [0.4, 0.5) is 17.6 Å². The fraction of sp³-hybridized carbons (Fsp3) is 0.462. The average Bonchev–Trinajstić information content (AvgIpc) is 2.37. The summed E-state index contributed by atoms with van der Waals surface area (Å²) in [4.78, 5) is 11.9. The quantitative estimate of drug-likeness (QED) is 0.624. The van der Waals surface area contributed by atoms with Gasteiger partial charge in [0.2, 0.25) is 0 Å². The van der Waals surface area contributed by atoms with Crippen molar-refractivity contribution in [3.63, 3.8) is 0 Å². The number of carbonyl (C=O) groups is 1. The Balaban J connectivity index is 2.79. The molecule has 1 rings (SSSR count). The lowest BCUT2D eigenvalue weighted by Crippen LogP contribution is -2.27. The largest absolute Gasteiger partial charge is 0.419 e. The number of benzene rings is 1. The first-order chi connectivity index (χ1) is 9.27. The van der Waals surface area contributed by atoms with Gasteiger partial charge in [-0.1, -0.05) is 28.9 Å². The minimum Gasteiger partial charge on any atom is -0.352 e. The molecule has 7 heteroatoms. The number of amides is 1. The van der Waals surface area contributed by atoms with Crippen molar-refractivity contribution in [3.8, 4) is 0 Å². The summed E-state index contributed by atoms with van der Waals surface area (Å²) in [5, 5.41) is 2.41. The van der Waals surface area contributed by atoms with Crippen molar-refractivity contribution in [2.75, 3.05) is 6.54 Å². The molecule has 0 aliphatic heterocycles. The molecule has 1 aromatic carbocycles. The summed E-state index contributed by atoms with van der Waals surface area (Å²) in [7, 11) is 0. The van der Waals surface area contributed by atoms with Gasteiger partial charge in [0, 0.05) is 11.4 Å². The van der Waals surface area contributed by atoms with E-state index in [1.54, 1.807) is 0 Å². The molecular weight excluding hydrogens is 342 g/mol. The molecule has 1 N–H and O–H groups in total. The molecule has 0 saturated heterocycles. The Morgan fingerprint density at radius 3 is 2.60 bits per heavy atom. The summed E-state index contributed by atoms with van der Waals surface area (Å²) in [6.45, 7) is 2.21. The highest BCUT2D eigenvalue weighted by Gasteiger charge is 2.35. The maximum absolute atomic E-state index is 13.7. The van der Waals surface area contributed by atoms with E-state index in [1.807, 2.05) is 6.92 Å². The van der Waals surface area contributed by atoms with Crippen LogP contribution in [0.3, 0.4) is 0 Å². The van der Waals surface area contributed by atoms with E-state index >= 15 is 0 Å². The molecule has 0 heterocycles. The van der Waals surface area contributed by atoms with E-state index in [1.165, 1.54) is 0 Å². The van der Waals surface area contributed by atoms with Gasteiger partial charge < -0.3 is 5.32 Å². The van der Waals surface area contributed by atoms with Crippen molar-refractivity contribution in [2.45, 2.75) is 30.8 Å².